The molecule has 0 unspecified atom stereocenters. The maximum Gasteiger partial charge on any atom is 0.308 e. The number of benzene rings is 2. The Labute approximate surface area is 151 Å². The average Bonchev–Trinajstić information content (AvgIpc) is 2.68. The van der Waals surface area contributed by atoms with Gasteiger partial charge in [0, 0.05) is 5.56 Å². The van der Waals surface area contributed by atoms with Crippen LogP contribution in [-0.4, -0.2) is 33.4 Å². The molecule has 0 radical (unpaired) electrons. The fraction of sp³-hybridized carbons (Fsp3) is 0.167. The van der Waals surface area contributed by atoms with Crippen LogP contribution in [-0.2, 0) is 16.1 Å². The molecule has 0 N–H and O–H groups in total. The molecule has 138 valence electrons. The van der Waals surface area contributed by atoms with E-state index < -0.39 is 35.6 Å². The van der Waals surface area contributed by atoms with Crippen molar-refractivity contribution in [1.82, 2.24) is 15.0 Å². The summed E-state index contributed by atoms with van der Waals surface area (Å²) in [6.45, 7) is -0.697. The molecule has 0 saturated carbocycles. The number of hydrogen-bond acceptors (Lipinski definition) is 6. The molecule has 2 aromatic carbocycles. The number of carbonyl (C=O) groups excluding carboxylic acids is 2. The first-order valence-electron chi connectivity index (χ1n) is 7.92. The highest BCUT2D eigenvalue weighted by Gasteiger charge is 2.13. The maximum atomic E-state index is 13.1. The Bertz CT molecular complexity index is 1080. The predicted octanol–water partition coefficient (Wildman–Crippen LogP) is 1.89. The van der Waals surface area contributed by atoms with E-state index in [0.717, 1.165) is 22.9 Å². The van der Waals surface area contributed by atoms with Crippen LogP contribution >= 0.6 is 0 Å². The third-order valence-corrected chi connectivity index (χ3v) is 3.76. The minimum absolute atomic E-state index is 0.0745. The van der Waals surface area contributed by atoms with Crippen LogP contribution in [0.4, 0.5) is 8.78 Å². The first kappa shape index (κ1) is 18.3. The maximum absolute atomic E-state index is 13.1. The fourth-order valence-electron chi connectivity index (χ4n) is 2.34. The first-order valence-corrected chi connectivity index (χ1v) is 7.92. The molecule has 3 rings (SSSR count). The lowest BCUT2D eigenvalue weighted by molar-refractivity contribution is -0.142. The smallest absolute Gasteiger partial charge is 0.308 e. The number of rotatable bonds is 6. The summed E-state index contributed by atoms with van der Waals surface area (Å²) in [7, 11) is 0. The summed E-state index contributed by atoms with van der Waals surface area (Å²) >= 11 is 0. The zero-order valence-electron chi connectivity index (χ0n) is 13.9. The Morgan fingerprint density at radius 2 is 1.85 bits per heavy atom. The van der Waals surface area contributed by atoms with E-state index in [9.17, 15) is 23.2 Å². The first-order chi connectivity index (χ1) is 13.0. The third-order valence-electron chi connectivity index (χ3n) is 3.76. The minimum Gasteiger partial charge on any atom is -0.457 e. The van der Waals surface area contributed by atoms with Crippen LogP contribution in [0.25, 0.3) is 10.9 Å². The molecule has 3 aromatic rings. The molecule has 0 saturated heterocycles. The van der Waals surface area contributed by atoms with Crippen LogP contribution in [0.2, 0.25) is 0 Å². The van der Waals surface area contributed by atoms with Gasteiger partial charge in [-0.2, -0.15) is 0 Å². The largest absolute Gasteiger partial charge is 0.457 e. The highest BCUT2D eigenvalue weighted by molar-refractivity contribution is 5.97. The van der Waals surface area contributed by atoms with Crippen LogP contribution in [0, 0.1) is 11.6 Å². The number of esters is 1. The lowest BCUT2D eigenvalue weighted by Crippen LogP contribution is -2.26. The zero-order chi connectivity index (χ0) is 19.4. The van der Waals surface area contributed by atoms with E-state index in [4.69, 9.17) is 4.74 Å². The Hall–Kier alpha value is -3.49. The lowest BCUT2D eigenvalue weighted by atomic mass is 10.1. The van der Waals surface area contributed by atoms with E-state index in [1.54, 1.807) is 24.3 Å². The van der Waals surface area contributed by atoms with Gasteiger partial charge in [0.25, 0.3) is 5.56 Å². The van der Waals surface area contributed by atoms with Gasteiger partial charge < -0.3 is 4.74 Å². The quantitative estimate of drug-likeness (QED) is 0.484. The van der Waals surface area contributed by atoms with E-state index in [1.807, 2.05) is 0 Å². The second kappa shape index (κ2) is 7.81. The van der Waals surface area contributed by atoms with Gasteiger partial charge in [0.15, 0.2) is 24.0 Å². The van der Waals surface area contributed by atoms with Crippen molar-refractivity contribution in [2.24, 2.45) is 0 Å². The summed E-state index contributed by atoms with van der Waals surface area (Å²) in [5, 5.41) is 8.00. The number of Topliss-reactive ketones (excluding diaryl/α,β-unsaturated/α-hetero) is 1. The topological polar surface area (TPSA) is 91.2 Å². The molecule has 0 aliphatic heterocycles. The van der Waals surface area contributed by atoms with Gasteiger partial charge in [0.05, 0.1) is 18.4 Å². The Morgan fingerprint density at radius 3 is 2.63 bits per heavy atom. The second-order valence-corrected chi connectivity index (χ2v) is 5.60. The molecule has 0 fully saturated rings. The van der Waals surface area contributed by atoms with Gasteiger partial charge in [-0.05, 0) is 30.3 Å². The van der Waals surface area contributed by atoms with E-state index in [2.05, 4.69) is 10.3 Å². The molecule has 1 heterocycles. The molecule has 0 bridgehead atoms. The Kier molecular flexibility index (Phi) is 5.30. The van der Waals surface area contributed by atoms with Gasteiger partial charge in [-0.25, -0.2) is 13.5 Å². The van der Waals surface area contributed by atoms with Crippen molar-refractivity contribution in [3.05, 3.63) is 70.0 Å². The number of ketones is 1. The number of hydrogen-bond donors (Lipinski definition) is 0. The molecule has 0 aliphatic rings. The van der Waals surface area contributed by atoms with Crippen molar-refractivity contribution in [3.63, 3.8) is 0 Å². The minimum atomic E-state index is -1.17. The third kappa shape index (κ3) is 4.20. The zero-order valence-corrected chi connectivity index (χ0v) is 13.9. The molecule has 27 heavy (non-hydrogen) atoms. The summed E-state index contributed by atoms with van der Waals surface area (Å²) < 4.78 is 31.8. The number of nitrogens with zero attached hydrogens (tertiary/aromatic N) is 3. The summed E-state index contributed by atoms with van der Waals surface area (Å²) in [5.41, 5.74) is -0.0666. The normalized spacial score (nSPS) is 10.7. The van der Waals surface area contributed by atoms with Crippen molar-refractivity contribution in [3.8, 4) is 0 Å². The summed E-state index contributed by atoms with van der Waals surface area (Å²) in [6.07, 6.45) is -0.210. The molecular weight excluding hydrogens is 360 g/mol. The van der Waals surface area contributed by atoms with Gasteiger partial charge in [0.1, 0.15) is 5.52 Å². The summed E-state index contributed by atoms with van der Waals surface area (Å²) in [6, 6.07) is 9.30. The van der Waals surface area contributed by atoms with Gasteiger partial charge >= 0.3 is 5.97 Å². The fourth-order valence-corrected chi connectivity index (χ4v) is 2.34. The van der Waals surface area contributed by atoms with Crippen LogP contribution in [0.15, 0.2) is 47.3 Å². The number of halogens is 2. The van der Waals surface area contributed by atoms with Gasteiger partial charge in [-0.15, -0.1) is 5.10 Å². The SMILES string of the molecule is O=C(CCn1nnc2ccccc2c1=O)OCC(=O)c1ccc(F)c(F)c1. The van der Waals surface area contributed by atoms with Crippen molar-refractivity contribution in [2.75, 3.05) is 6.61 Å². The standard InChI is InChI=1S/C18H13F2N3O4/c19-13-6-5-11(9-14(13)20)16(24)10-27-17(25)7-8-23-18(26)12-3-1-2-4-15(12)21-22-23/h1-6,9H,7-8,10H2. The van der Waals surface area contributed by atoms with E-state index in [0.29, 0.717) is 10.9 Å². The van der Waals surface area contributed by atoms with Crippen LogP contribution < -0.4 is 5.56 Å². The van der Waals surface area contributed by atoms with Crippen LogP contribution in [0.1, 0.15) is 16.8 Å². The van der Waals surface area contributed by atoms with E-state index in [1.165, 1.54) is 0 Å². The van der Waals surface area contributed by atoms with E-state index >= 15 is 0 Å². The van der Waals surface area contributed by atoms with Gasteiger partial charge in [-0.1, -0.05) is 17.3 Å². The predicted molar refractivity (Wildman–Crippen MR) is 90.1 cm³/mol. The monoisotopic (exact) mass is 373 g/mol. The Morgan fingerprint density at radius 1 is 1.07 bits per heavy atom. The van der Waals surface area contributed by atoms with Crippen LogP contribution in [0.5, 0.6) is 0 Å². The molecule has 1 aromatic heterocycles. The van der Waals surface area contributed by atoms with Gasteiger partial charge in [0.2, 0.25) is 0 Å². The molecular formula is C18H13F2N3O4. The second-order valence-electron chi connectivity index (χ2n) is 5.60. The number of aryl methyl sites for hydroxylation is 1. The molecule has 9 heteroatoms. The van der Waals surface area contributed by atoms with Crippen molar-refractivity contribution in [2.45, 2.75) is 13.0 Å². The Balaban J connectivity index is 1.57. The molecule has 0 spiro atoms. The highest BCUT2D eigenvalue weighted by atomic mass is 19.2. The highest BCUT2D eigenvalue weighted by Crippen LogP contribution is 2.09. The molecule has 0 amide bonds. The molecule has 0 atom stereocenters. The molecule has 0 aliphatic carbocycles. The number of carbonyl (C=O) groups is 2. The summed E-state index contributed by atoms with van der Waals surface area (Å²) in [5.74, 6) is -3.66. The lowest BCUT2D eigenvalue weighted by Gasteiger charge is -2.06. The summed E-state index contributed by atoms with van der Waals surface area (Å²) in [4.78, 5) is 35.9. The average molecular weight is 373 g/mol. The number of aromatic nitrogens is 3. The van der Waals surface area contributed by atoms with Crippen molar-refractivity contribution < 1.29 is 23.1 Å². The number of fused-ring (bicyclic) bond motifs is 1. The molecule has 7 nitrogen and oxygen atoms in total. The van der Waals surface area contributed by atoms with E-state index in [-0.39, 0.29) is 18.5 Å². The van der Waals surface area contributed by atoms with Gasteiger partial charge in [-0.3, -0.25) is 14.4 Å². The van der Waals surface area contributed by atoms with Crippen molar-refractivity contribution >= 4 is 22.7 Å². The van der Waals surface area contributed by atoms with Crippen molar-refractivity contribution in [1.29, 1.82) is 0 Å². The van der Waals surface area contributed by atoms with Crippen LogP contribution in [0.3, 0.4) is 0 Å². The number of ether oxygens (including phenoxy) is 1.